The third kappa shape index (κ3) is 7.50. The zero-order chi connectivity index (χ0) is 19.6. The van der Waals surface area contributed by atoms with Crippen LogP contribution in [0.1, 0.15) is 36.8 Å². The smallest absolute Gasteiger partial charge is 0.232 e. The highest BCUT2D eigenvalue weighted by atomic mass is 32.2. The first-order valence-corrected chi connectivity index (χ1v) is 11.9. The normalized spacial score (nSPS) is 12.1. The van der Waals surface area contributed by atoms with E-state index in [-0.39, 0.29) is 17.4 Å². The molecule has 1 N–H and O–H groups in total. The molecule has 0 radical (unpaired) electrons. The minimum atomic E-state index is -1.31. The van der Waals surface area contributed by atoms with Crippen molar-refractivity contribution in [2.45, 2.75) is 39.4 Å². The molecular weight excluding hydrogens is 380 g/mol. The molecule has 2 aromatic rings. The summed E-state index contributed by atoms with van der Waals surface area (Å²) in [6.07, 6.45) is 2.11. The molecule has 0 spiro atoms. The molecule has 7 heteroatoms. The zero-order valence-corrected chi connectivity index (χ0v) is 17.9. The van der Waals surface area contributed by atoms with Gasteiger partial charge in [0.25, 0.3) is 0 Å². The van der Waals surface area contributed by atoms with E-state index in [1.54, 1.807) is 0 Å². The van der Waals surface area contributed by atoms with Gasteiger partial charge in [-0.05, 0) is 50.3 Å². The minimum Gasteiger partial charge on any atom is -0.441 e. The number of aromatic nitrogens is 1. The molecule has 0 unspecified atom stereocenters. The highest BCUT2D eigenvalue weighted by Gasteiger charge is 2.16. The molecule has 0 saturated heterocycles. The number of nitrogens with zero attached hydrogens (tertiary/aromatic N) is 1. The maximum absolute atomic E-state index is 12.3. The number of hydrogen-bond donors (Lipinski definition) is 1. The molecule has 1 aromatic carbocycles. The van der Waals surface area contributed by atoms with Gasteiger partial charge in [-0.15, -0.1) is 0 Å². The number of hydrogen-bond acceptors (Lipinski definition) is 5. The third-order valence-electron chi connectivity index (χ3n) is 3.92. The molecule has 0 bridgehead atoms. The van der Waals surface area contributed by atoms with Crippen LogP contribution in [0.4, 0.5) is 0 Å². The third-order valence-corrected chi connectivity index (χ3v) is 6.37. The van der Waals surface area contributed by atoms with E-state index in [0.717, 1.165) is 23.5 Å². The molecule has 1 aromatic heterocycles. The Morgan fingerprint density at radius 2 is 1.96 bits per heavy atom. The average Bonchev–Trinajstić information content (AvgIpc) is 2.99. The molecule has 1 amide bonds. The lowest BCUT2D eigenvalue weighted by Gasteiger charge is -2.05. The van der Waals surface area contributed by atoms with Crippen molar-refractivity contribution < 1.29 is 13.4 Å². The fourth-order valence-corrected chi connectivity index (χ4v) is 4.34. The molecule has 1 atom stereocenters. The van der Waals surface area contributed by atoms with Gasteiger partial charge in [-0.3, -0.25) is 9.00 Å². The largest absolute Gasteiger partial charge is 0.441 e. The van der Waals surface area contributed by atoms with Crippen LogP contribution in [-0.4, -0.2) is 38.9 Å². The summed E-state index contributed by atoms with van der Waals surface area (Å²) in [6, 6.07) is 7.90. The maximum atomic E-state index is 12.3. The SMILES string of the molecule is CCCSCCCNC(=O)C[S@@](=O)Cc1nc(-c2ccc(C)cc2)oc1C. The molecule has 27 heavy (non-hydrogen) atoms. The number of amides is 1. The fraction of sp³-hybridized carbons (Fsp3) is 0.500. The van der Waals surface area contributed by atoms with Gasteiger partial charge in [0.15, 0.2) is 0 Å². The summed E-state index contributed by atoms with van der Waals surface area (Å²) in [4.78, 5) is 16.4. The lowest BCUT2D eigenvalue weighted by molar-refractivity contribution is -0.118. The van der Waals surface area contributed by atoms with Crippen molar-refractivity contribution in [3.05, 3.63) is 41.3 Å². The Morgan fingerprint density at radius 3 is 2.67 bits per heavy atom. The van der Waals surface area contributed by atoms with E-state index in [9.17, 15) is 9.00 Å². The van der Waals surface area contributed by atoms with Crippen LogP contribution >= 0.6 is 11.8 Å². The average molecular weight is 409 g/mol. The number of aryl methyl sites for hydroxylation is 2. The standard InChI is InChI=1S/C20H28N2O3S2/c1-4-11-26-12-5-10-21-19(23)14-27(24)13-18-16(3)25-20(22-18)17-8-6-15(2)7-9-17/h6-9H,4-5,10-14H2,1-3H3,(H,21,23)/t27-/m0/s1. The molecule has 0 aliphatic heterocycles. The van der Waals surface area contributed by atoms with Crippen molar-refractivity contribution in [3.63, 3.8) is 0 Å². The lowest BCUT2D eigenvalue weighted by atomic mass is 10.1. The van der Waals surface area contributed by atoms with Crippen LogP contribution in [-0.2, 0) is 21.3 Å². The van der Waals surface area contributed by atoms with Crippen LogP contribution in [0.5, 0.6) is 0 Å². The van der Waals surface area contributed by atoms with Gasteiger partial charge in [0.1, 0.15) is 11.5 Å². The van der Waals surface area contributed by atoms with E-state index in [1.165, 1.54) is 12.0 Å². The van der Waals surface area contributed by atoms with Gasteiger partial charge in [-0.1, -0.05) is 24.6 Å². The van der Waals surface area contributed by atoms with Crippen LogP contribution in [0, 0.1) is 13.8 Å². The van der Waals surface area contributed by atoms with Crippen molar-refractivity contribution in [1.82, 2.24) is 10.3 Å². The van der Waals surface area contributed by atoms with E-state index in [2.05, 4.69) is 17.2 Å². The summed E-state index contributed by atoms with van der Waals surface area (Å²) in [5.74, 6) is 3.40. The van der Waals surface area contributed by atoms with E-state index in [0.29, 0.717) is 23.9 Å². The first-order chi connectivity index (χ1) is 13.0. The summed E-state index contributed by atoms with van der Waals surface area (Å²) in [6.45, 7) is 6.62. The van der Waals surface area contributed by atoms with Crippen molar-refractivity contribution in [2.24, 2.45) is 0 Å². The zero-order valence-electron chi connectivity index (χ0n) is 16.2. The van der Waals surface area contributed by atoms with Gasteiger partial charge in [-0.2, -0.15) is 11.8 Å². The van der Waals surface area contributed by atoms with Gasteiger partial charge < -0.3 is 9.73 Å². The summed E-state index contributed by atoms with van der Waals surface area (Å²) in [5, 5.41) is 2.84. The predicted molar refractivity (Wildman–Crippen MR) is 113 cm³/mol. The molecule has 1 heterocycles. The van der Waals surface area contributed by atoms with E-state index in [4.69, 9.17) is 4.42 Å². The Labute approximate surface area is 168 Å². The number of nitrogens with one attached hydrogen (secondary N) is 1. The van der Waals surface area contributed by atoms with Gasteiger partial charge in [-0.25, -0.2) is 4.98 Å². The minimum absolute atomic E-state index is 0.00569. The topological polar surface area (TPSA) is 72.2 Å². The van der Waals surface area contributed by atoms with Crippen LogP contribution in [0.15, 0.2) is 28.7 Å². The molecule has 5 nitrogen and oxygen atoms in total. The van der Waals surface area contributed by atoms with Crippen LogP contribution in [0.25, 0.3) is 11.5 Å². The van der Waals surface area contributed by atoms with Crippen LogP contribution in [0.2, 0.25) is 0 Å². The van der Waals surface area contributed by atoms with Crippen molar-refractivity contribution in [3.8, 4) is 11.5 Å². The number of benzene rings is 1. The number of rotatable bonds is 11. The van der Waals surface area contributed by atoms with E-state index >= 15 is 0 Å². The highest BCUT2D eigenvalue weighted by molar-refractivity contribution is 7.99. The predicted octanol–water partition coefficient (Wildman–Crippen LogP) is 3.86. The Kier molecular flexibility index (Phi) is 9.07. The van der Waals surface area contributed by atoms with E-state index in [1.807, 2.05) is 49.9 Å². The number of carbonyl (C=O) groups is 1. The van der Waals surface area contributed by atoms with Crippen molar-refractivity contribution in [2.75, 3.05) is 23.8 Å². The van der Waals surface area contributed by atoms with Gasteiger partial charge in [0, 0.05) is 22.9 Å². The quantitative estimate of drug-likeness (QED) is 0.572. The molecule has 0 fully saturated rings. The maximum Gasteiger partial charge on any atom is 0.232 e. The van der Waals surface area contributed by atoms with Gasteiger partial charge in [0.05, 0.1) is 11.4 Å². The monoisotopic (exact) mass is 408 g/mol. The number of thioether (sulfide) groups is 1. The lowest BCUT2D eigenvalue weighted by Crippen LogP contribution is -2.29. The first kappa shape index (κ1) is 21.7. The van der Waals surface area contributed by atoms with Crippen LogP contribution in [0.3, 0.4) is 0 Å². The van der Waals surface area contributed by atoms with Gasteiger partial charge in [0.2, 0.25) is 11.8 Å². The number of oxazole rings is 1. The molecular formula is C20H28N2O3S2. The van der Waals surface area contributed by atoms with Crippen LogP contribution < -0.4 is 5.32 Å². The van der Waals surface area contributed by atoms with Gasteiger partial charge >= 0.3 is 0 Å². The Morgan fingerprint density at radius 1 is 1.22 bits per heavy atom. The fourth-order valence-electron chi connectivity index (χ4n) is 2.43. The Hall–Kier alpha value is -1.60. The summed E-state index contributed by atoms with van der Waals surface area (Å²) in [5.41, 5.74) is 2.70. The molecule has 0 aliphatic carbocycles. The molecule has 2 rings (SSSR count). The first-order valence-electron chi connectivity index (χ1n) is 9.22. The highest BCUT2D eigenvalue weighted by Crippen LogP contribution is 2.22. The second kappa shape index (κ2) is 11.3. The molecule has 0 saturated carbocycles. The van der Waals surface area contributed by atoms with Crippen molar-refractivity contribution in [1.29, 1.82) is 0 Å². The van der Waals surface area contributed by atoms with E-state index < -0.39 is 10.8 Å². The Balaban J connectivity index is 1.80. The van der Waals surface area contributed by atoms with Crippen molar-refractivity contribution >= 4 is 28.5 Å². The molecule has 148 valence electrons. The summed E-state index contributed by atoms with van der Waals surface area (Å²) >= 11 is 1.89. The number of carbonyl (C=O) groups excluding carboxylic acids is 1. The summed E-state index contributed by atoms with van der Waals surface area (Å²) in [7, 11) is -1.31. The summed E-state index contributed by atoms with van der Waals surface area (Å²) < 4.78 is 18.0. The second-order valence-electron chi connectivity index (χ2n) is 6.43. The second-order valence-corrected chi connectivity index (χ2v) is 9.11. The Bertz CT molecular complexity index is 757. The molecule has 0 aliphatic rings.